The highest BCUT2D eigenvalue weighted by atomic mass is 16.4. The van der Waals surface area contributed by atoms with Crippen molar-refractivity contribution < 1.29 is 15.0 Å². The molecule has 3 unspecified atom stereocenters. The molecule has 0 bridgehead atoms. The predicted octanol–water partition coefficient (Wildman–Crippen LogP) is -0.123. The molecular formula is C15H25N2O3-. The zero-order valence-electron chi connectivity index (χ0n) is 12.7. The van der Waals surface area contributed by atoms with Gasteiger partial charge in [0.25, 0.3) is 0 Å². The Morgan fingerprint density at radius 2 is 2.25 bits per heavy atom. The van der Waals surface area contributed by atoms with Crippen LogP contribution < -0.4 is 10.4 Å². The van der Waals surface area contributed by atoms with E-state index in [1.165, 1.54) is 6.08 Å². The third kappa shape index (κ3) is 3.61. The number of allylic oxidation sites excluding steroid dienone is 1. The zero-order chi connectivity index (χ0) is 15.3. The fourth-order valence-electron chi connectivity index (χ4n) is 2.32. The maximum Gasteiger partial charge on any atom is 0.112 e. The van der Waals surface area contributed by atoms with Gasteiger partial charge in [-0.1, -0.05) is 19.4 Å². The maximum atomic E-state index is 11.3. The second kappa shape index (κ2) is 6.90. The topological polar surface area (TPSA) is 75.6 Å². The molecule has 0 saturated heterocycles. The van der Waals surface area contributed by atoms with Crippen molar-refractivity contribution in [2.45, 2.75) is 38.3 Å². The Morgan fingerprint density at radius 3 is 2.75 bits per heavy atom. The summed E-state index contributed by atoms with van der Waals surface area (Å²) in [4.78, 5) is 13.1. The highest BCUT2D eigenvalue weighted by Gasteiger charge is 2.42. The Balaban J connectivity index is 2.98. The molecule has 0 saturated carbocycles. The first kappa shape index (κ1) is 16.7. The van der Waals surface area contributed by atoms with Gasteiger partial charge in [-0.15, -0.1) is 0 Å². The summed E-state index contributed by atoms with van der Waals surface area (Å²) in [6.07, 6.45) is 6.91. The van der Waals surface area contributed by atoms with Gasteiger partial charge >= 0.3 is 0 Å². The number of aliphatic carboxylic acids is 1. The number of carboxylic acid groups (broad SMARTS) is 1. The molecule has 5 nitrogen and oxygen atoms in total. The van der Waals surface area contributed by atoms with Crippen LogP contribution in [-0.4, -0.2) is 48.3 Å². The number of rotatable bonds is 7. The number of likely N-dealkylation sites (N-methyl/N-ethyl adjacent to an activating group) is 1. The standard InChI is InChI=1S/C15H26N2O3/c1-5-6-9-16-12-7-8-13(14(18)19)15(20,10-12)11(2)17(3)4/h7-8,10-11,13,16,20H,5-6,9H2,1-4H3,(H,18,19)/p-1. The SMILES string of the molecule is CCCCNC1=CC(O)(C(C)N(C)C)C(C(=O)[O-])C=C1. The summed E-state index contributed by atoms with van der Waals surface area (Å²) in [5, 5.41) is 25.3. The minimum Gasteiger partial charge on any atom is -0.549 e. The van der Waals surface area contributed by atoms with Gasteiger partial charge < -0.3 is 25.2 Å². The van der Waals surface area contributed by atoms with Gasteiger partial charge in [0.15, 0.2) is 0 Å². The van der Waals surface area contributed by atoms with Gasteiger partial charge in [-0.2, -0.15) is 0 Å². The minimum atomic E-state index is -1.48. The van der Waals surface area contributed by atoms with Crippen LogP contribution in [0.25, 0.3) is 0 Å². The van der Waals surface area contributed by atoms with E-state index in [0.29, 0.717) is 0 Å². The van der Waals surface area contributed by atoms with Crippen LogP contribution in [0.5, 0.6) is 0 Å². The first-order valence-electron chi connectivity index (χ1n) is 7.07. The fourth-order valence-corrected chi connectivity index (χ4v) is 2.32. The lowest BCUT2D eigenvalue weighted by atomic mass is 9.77. The molecule has 0 radical (unpaired) electrons. The van der Waals surface area contributed by atoms with Crippen molar-refractivity contribution in [3.8, 4) is 0 Å². The van der Waals surface area contributed by atoms with Crippen molar-refractivity contribution >= 4 is 5.97 Å². The lowest BCUT2D eigenvalue weighted by molar-refractivity contribution is -0.314. The van der Waals surface area contributed by atoms with Crippen LogP contribution in [0.2, 0.25) is 0 Å². The number of aliphatic hydroxyl groups is 1. The van der Waals surface area contributed by atoms with Crippen LogP contribution >= 0.6 is 0 Å². The molecule has 0 aromatic carbocycles. The Kier molecular flexibility index (Phi) is 5.77. The van der Waals surface area contributed by atoms with Gasteiger partial charge in [-0.3, -0.25) is 0 Å². The number of carboxylic acids is 1. The number of hydrogen-bond donors (Lipinski definition) is 2. The van der Waals surface area contributed by atoms with Crippen LogP contribution in [0.4, 0.5) is 0 Å². The summed E-state index contributed by atoms with van der Waals surface area (Å²) in [7, 11) is 3.62. The molecule has 1 aliphatic rings. The van der Waals surface area contributed by atoms with E-state index in [9.17, 15) is 15.0 Å². The van der Waals surface area contributed by atoms with Crippen molar-refractivity contribution in [2.75, 3.05) is 20.6 Å². The van der Waals surface area contributed by atoms with Crippen molar-refractivity contribution in [3.63, 3.8) is 0 Å². The van der Waals surface area contributed by atoms with E-state index >= 15 is 0 Å². The zero-order valence-corrected chi connectivity index (χ0v) is 12.7. The number of nitrogens with one attached hydrogen (secondary N) is 1. The van der Waals surface area contributed by atoms with Gasteiger partial charge in [0.05, 0.1) is 11.9 Å². The molecule has 2 N–H and O–H groups in total. The molecule has 1 aliphatic carbocycles. The summed E-state index contributed by atoms with van der Waals surface area (Å²) in [6, 6.07) is -0.349. The number of hydrogen-bond acceptors (Lipinski definition) is 5. The third-order valence-corrected chi connectivity index (χ3v) is 3.91. The van der Waals surface area contributed by atoms with E-state index in [1.807, 2.05) is 14.1 Å². The molecule has 114 valence electrons. The molecule has 0 aromatic heterocycles. The first-order valence-corrected chi connectivity index (χ1v) is 7.07. The van der Waals surface area contributed by atoms with Gasteiger partial charge in [0.2, 0.25) is 0 Å². The van der Waals surface area contributed by atoms with E-state index in [0.717, 1.165) is 25.1 Å². The summed E-state index contributed by atoms with van der Waals surface area (Å²) >= 11 is 0. The molecule has 0 fully saturated rings. The normalized spacial score (nSPS) is 27.3. The second-order valence-corrected chi connectivity index (χ2v) is 5.56. The summed E-state index contributed by atoms with van der Waals surface area (Å²) < 4.78 is 0. The Hall–Kier alpha value is -1.33. The minimum absolute atomic E-state index is 0.349. The summed E-state index contributed by atoms with van der Waals surface area (Å²) in [6.45, 7) is 4.70. The van der Waals surface area contributed by atoms with Crippen molar-refractivity contribution in [2.24, 2.45) is 5.92 Å². The Labute approximate surface area is 121 Å². The third-order valence-electron chi connectivity index (χ3n) is 3.91. The quantitative estimate of drug-likeness (QED) is 0.636. The molecule has 3 atom stereocenters. The van der Waals surface area contributed by atoms with E-state index in [1.54, 1.807) is 24.0 Å². The molecule has 20 heavy (non-hydrogen) atoms. The highest BCUT2D eigenvalue weighted by molar-refractivity contribution is 5.73. The number of unbranched alkanes of at least 4 members (excludes halogenated alkanes) is 1. The molecule has 0 spiro atoms. The average Bonchev–Trinajstić information content (AvgIpc) is 2.37. The summed E-state index contributed by atoms with van der Waals surface area (Å²) in [5.74, 6) is -2.31. The predicted molar refractivity (Wildman–Crippen MR) is 76.7 cm³/mol. The fraction of sp³-hybridized carbons (Fsp3) is 0.667. The van der Waals surface area contributed by atoms with Crippen LogP contribution in [0.1, 0.15) is 26.7 Å². The van der Waals surface area contributed by atoms with Crippen molar-refractivity contribution in [1.29, 1.82) is 0 Å². The van der Waals surface area contributed by atoms with Gasteiger partial charge in [-0.05, 0) is 39.6 Å². The molecule has 0 heterocycles. The number of carbonyl (C=O) groups is 1. The average molecular weight is 281 g/mol. The largest absolute Gasteiger partial charge is 0.549 e. The van der Waals surface area contributed by atoms with Crippen LogP contribution in [-0.2, 0) is 4.79 Å². The molecule has 1 rings (SSSR count). The van der Waals surface area contributed by atoms with Crippen molar-refractivity contribution in [3.05, 3.63) is 23.9 Å². The molecule has 0 aliphatic heterocycles. The summed E-state index contributed by atoms with van der Waals surface area (Å²) in [5.41, 5.74) is -0.724. The van der Waals surface area contributed by atoms with Crippen molar-refractivity contribution in [1.82, 2.24) is 10.2 Å². The Bertz CT molecular complexity index is 404. The molecular weight excluding hydrogens is 256 g/mol. The Morgan fingerprint density at radius 1 is 1.60 bits per heavy atom. The van der Waals surface area contributed by atoms with E-state index in [4.69, 9.17) is 0 Å². The van der Waals surface area contributed by atoms with Crippen LogP contribution in [0.3, 0.4) is 0 Å². The van der Waals surface area contributed by atoms with E-state index < -0.39 is 17.5 Å². The smallest absolute Gasteiger partial charge is 0.112 e. The molecule has 5 heteroatoms. The number of nitrogens with zero attached hydrogens (tertiary/aromatic N) is 1. The van der Waals surface area contributed by atoms with E-state index in [2.05, 4.69) is 12.2 Å². The lowest BCUT2D eigenvalue weighted by Crippen LogP contribution is -2.57. The second-order valence-electron chi connectivity index (χ2n) is 5.56. The van der Waals surface area contributed by atoms with Gasteiger partial charge in [0.1, 0.15) is 5.60 Å². The van der Waals surface area contributed by atoms with E-state index in [-0.39, 0.29) is 6.04 Å². The lowest BCUT2D eigenvalue weighted by Gasteiger charge is -2.42. The monoisotopic (exact) mass is 281 g/mol. The highest BCUT2D eigenvalue weighted by Crippen LogP contribution is 2.31. The first-order chi connectivity index (χ1) is 9.32. The van der Waals surface area contributed by atoms with Crippen LogP contribution in [0, 0.1) is 5.92 Å². The molecule has 0 aromatic rings. The number of carbonyl (C=O) groups excluding carboxylic acids is 1. The van der Waals surface area contributed by atoms with Gasteiger partial charge in [0, 0.05) is 18.3 Å². The maximum absolute atomic E-state index is 11.3. The van der Waals surface area contributed by atoms with Gasteiger partial charge in [-0.25, -0.2) is 0 Å². The molecule has 0 amide bonds. The van der Waals surface area contributed by atoms with Crippen LogP contribution in [0.15, 0.2) is 23.9 Å².